The SMILES string of the molecule is O=C1CCCCN1c1ccc(N2CCC=C(N3CCOCC3)C2O)cc1. The summed E-state index contributed by atoms with van der Waals surface area (Å²) < 4.78 is 5.42. The molecule has 0 spiro atoms. The monoisotopic (exact) mass is 357 g/mol. The van der Waals surface area contributed by atoms with E-state index in [1.807, 2.05) is 34.1 Å². The van der Waals surface area contributed by atoms with Crippen LogP contribution in [0.5, 0.6) is 0 Å². The fourth-order valence-electron chi connectivity index (χ4n) is 4.03. The Labute approximate surface area is 154 Å². The minimum atomic E-state index is -0.635. The molecule has 0 saturated carbocycles. The smallest absolute Gasteiger partial charge is 0.226 e. The highest BCUT2D eigenvalue weighted by atomic mass is 16.5. The van der Waals surface area contributed by atoms with Crippen LogP contribution in [-0.2, 0) is 9.53 Å². The van der Waals surface area contributed by atoms with Gasteiger partial charge in [0.1, 0.15) is 0 Å². The average Bonchev–Trinajstić information content (AvgIpc) is 2.69. The van der Waals surface area contributed by atoms with Gasteiger partial charge in [-0.15, -0.1) is 0 Å². The summed E-state index contributed by atoms with van der Waals surface area (Å²) in [5, 5.41) is 10.9. The van der Waals surface area contributed by atoms with Crippen molar-refractivity contribution in [3.8, 4) is 0 Å². The van der Waals surface area contributed by atoms with Crippen molar-refractivity contribution in [2.45, 2.75) is 31.9 Å². The molecular formula is C20H27N3O3. The maximum Gasteiger partial charge on any atom is 0.226 e. The normalized spacial score (nSPS) is 24.7. The predicted molar refractivity (Wildman–Crippen MR) is 101 cm³/mol. The number of piperidine rings is 1. The number of rotatable bonds is 3. The second-order valence-electron chi connectivity index (χ2n) is 7.10. The van der Waals surface area contributed by atoms with E-state index >= 15 is 0 Å². The molecule has 26 heavy (non-hydrogen) atoms. The van der Waals surface area contributed by atoms with Crippen molar-refractivity contribution in [2.24, 2.45) is 0 Å². The van der Waals surface area contributed by atoms with Crippen LogP contribution in [0.15, 0.2) is 36.0 Å². The van der Waals surface area contributed by atoms with E-state index < -0.39 is 6.23 Å². The molecule has 0 aliphatic carbocycles. The maximum absolute atomic E-state index is 12.1. The summed E-state index contributed by atoms with van der Waals surface area (Å²) in [7, 11) is 0. The van der Waals surface area contributed by atoms with Gasteiger partial charge in [0.05, 0.1) is 18.9 Å². The molecule has 1 unspecified atom stereocenters. The Bertz CT molecular complexity index is 667. The third-order valence-corrected chi connectivity index (χ3v) is 5.48. The van der Waals surface area contributed by atoms with E-state index in [1.54, 1.807) is 0 Å². The fourth-order valence-corrected chi connectivity index (χ4v) is 4.03. The maximum atomic E-state index is 12.1. The Balaban J connectivity index is 1.48. The Morgan fingerprint density at radius 2 is 1.69 bits per heavy atom. The number of ether oxygens (including phenoxy) is 1. The van der Waals surface area contributed by atoms with E-state index in [9.17, 15) is 9.90 Å². The lowest BCUT2D eigenvalue weighted by atomic mass is 10.1. The van der Waals surface area contributed by atoms with E-state index in [4.69, 9.17) is 4.74 Å². The molecule has 4 rings (SSSR count). The molecule has 140 valence electrons. The van der Waals surface area contributed by atoms with Crippen LogP contribution in [-0.4, -0.2) is 61.5 Å². The molecule has 3 aliphatic rings. The lowest BCUT2D eigenvalue weighted by Gasteiger charge is -2.41. The van der Waals surface area contributed by atoms with Crippen molar-refractivity contribution in [2.75, 3.05) is 49.2 Å². The number of hydrogen-bond donors (Lipinski definition) is 1. The number of benzene rings is 1. The Morgan fingerprint density at radius 1 is 0.962 bits per heavy atom. The molecule has 0 radical (unpaired) electrons. The van der Waals surface area contributed by atoms with Gasteiger partial charge in [-0.1, -0.05) is 6.08 Å². The van der Waals surface area contributed by atoms with Gasteiger partial charge in [0.25, 0.3) is 0 Å². The van der Waals surface area contributed by atoms with Gasteiger partial charge in [-0.05, 0) is 43.5 Å². The second kappa shape index (κ2) is 7.68. The molecule has 6 heteroatoms. The molecule has 2 fully saturated rings. The third-order valence-electron chi connectivity index (χ3n) is 5.48. The van der Waals surface area contributed by atoms with Crippen molar-refractivity contribution in [1.82, 2.24) is 4.90 Å². The van der Waals surface area contributed by atoms with Crippen molar-refractivity contribution in [1.29, 1.82) is 0 Å². The lowest BCUT2D eigenvalue weighted by molar-refractivity contribution is -0.119. The van der Waals surface area contributed by atoms with Crippen LogP contribution in [0.2, 0.25) is 0 Å². The summed E-state index contributed by atoms with van der Waals surface area (Å²) in [5.74, 6) is 0.208. The Kier molecular flexibility index (Phi) is 5.13. The van der Waals surface area contributed by atoms with Gasteiger partial charge in [-0.25, -0.2) is 0 Å². The number of morpholine rings is 1. The first-order valence-electron chi connectivity index (χ1n) is 9.62. The van der Waals surface area contributed by atoms with Crippen LogP contribution in [0.25, 0.3) is 0 Å². The van der Waals surface area contributed by atoms with E-state index in [0.29, 0.717) is 19.6 Å². The minimum absolute atomic E-state index is 0.208. The number of carbonyl (C=O) groups is 1. The molecule has 1 aromatic carbocycles. The Morgan fingerprint density at radius 3 is 2.42 bits per heavy atom. The summed E-state index contributed by atoms with van der Waals surface area (Å²) in [6.45, 7) is 4.66. The quantitative estimate of drug-likeness (QED) is 0.896. The molecule has 3 heterocycles. The zero-order chi connectivity index (χ0) is 17.9. The first kappa shape index (κ1) is 17.4. The highest BCUT2D eigenvalue weighted by molar-refractivity contribution is 5.94. The second-order valence-corrected chi connectivity index (χ2v) is 7.10. The number of hydrogen-bond acceptors (Lipinski definition) is 5. The van der Waals surface area contributed by atoms with Gasteiger partial charge in [0.15, 0.2) is 6.23 Å². The van der Waals surface area contributed by atoms with Gasteiger partial charge in [0, 0.05) is 44.0 Å². The van der Waals surface area contributed by atoms with Gasteiger partial charge >= 0.3 is 0 Å². The first-order valence-corrected chi connectivity index (χ1v) is 9.62. The van der Waals surface area contributed by atoms with Crippen molar-refractivity contribution in [3.63, 3.8) is 0 Å². The molecule has 1 aromatic rings. The number of amides is 1. The van der Waals surface area contributed by atoms with Gasteiger partial charge in [0.2, 0.25) is 5.91 Å². The largest absolute Gasteiger partial charge is 0.378 e. The number of aliphatic hydroxyl groups is 1. The summed E-state index contributed by atoms with van der Waals surface area (Å²) in [6, 6.07) is 8.03. The van der Waals surface area contributed by atoms with Crippen molar-refractivity contribution in [3.05, 3.63) is 36.0 Å². The van der Waals surface area contributed by atoms with Crippen LogP contribution < -0.4 is 9.80 Å². The van der Waals surface area contributed by atoms with Gasteiger partial charge in [-0.3, -0.25) is 4.79 Å². The number of anilines is 2. The van der Waals surface area contributed by atoms with Gasteiger partial charge < -0.3 is 24.5 Å². The summed E-state index contributed by atoms with van der Waals surface area (Å²) >= 11 is 0. The summed E-state index contributed by atoms with van der Waals surface area (Å²) in [6.07, 6.45) is 5.11. The Hall–Kier alpha value is -2.05. The van der Waals surface area contributed by atoms with Crippen LogP contribution in [0, 0.1) is 0 Å². The van der Waals surface area contributed by atoms with Gasteiger partial charge in [-0.2, -0.15) is 0 Å². The van der Waals surface area contributed by atoms with Crippen molar-refractivity contribution < 1.29 is 14.6 Å². The summed E-state index contributed by atoms with van der Waals surface area (Å²) in [5.41, 5.74) is 2.92. The number of carbonyl (C=O) groups excluding carboxylic acids is 1. The average molecular weight is 357 g/mol. The van der Waals surface area contributed by atoms with Crippen LogP contribution in [0.1, 0.15) is 25.7 Å². The standard InChI is InChI=1S/C20H27N3O3/c24-19-5-1-2-10-22(19)16-6-8-17(9-7-16)23-11-3-4-18(20(23)25)21-12-14-26-15-13-21/h4,6-9,20,25H,1-3,5,10-15H2. The zero-order valence-corrected chi connectivity index (χ0v) is 15.1. The van der Waals surface area contributed by atoms with E-state index in [2.05, 4.69) is 11.0 Å². The van der Waals surface area contributed by atoms with Crippen LogP contribution >= 0.6 is 0 Å². The van der Waals surface area contributed by atoms with E-state index in [0.717, 1.165) is 62.5 Å². The zero-order valence-electron chi connectivity index (χ0n) is 15.1. The number of aliphatic hydroxyl groups excluding tert-OH is 1. The first-order chi connectivity index (χ1) is 12.7. The molecule has 2 saturated heterocycles. The predicted octanol–water partition coefficient (Wildman–Crippen LogP) is 1.95. The lowest BCUT2D eigenvalue weighted by Crippen LogP contribution is -2.48. The minimum Gasteiger partial charge on any atom is -0.378 e. The topological polar surface area (TPSA) is 56.3 Å². The molecule has 1 atom stereocenters. The molecule has 0 aromatic heterocycles. The molecule has 0 bridgehead atoms. The molecular weight excluding hydrogens is 330 g/mol. The third kappa shape index (κ3) is 3.44. The molecule has 1 amide bonds. The highest BCUT2D eigenvalue weighted by Gasteiger charge is 2.28. The van der Waals surface area contributed by atoms with Crippen LogP contribution in [0.3, 0.4) is 0 Å². The van der Waals surface area contributed by atoms with Crippen LogP contribution in [0.4, 0.5) is 11.4 Å². The molecule has 3 aliphatic heterocycles. The molecule has 6 nitrogen and oxygen atoms in total. The highest BCUT2D eigenvalue weighted by Crippen LogP contribution is 2.29. The van der Waals surface area contributed by atoms with Crippen molar-refractivity contribution >= 4 is 17.3 Å². The summed E-state index contributed by atoms with van der Waals surface area (Å²) in [4.78, 5) is 18.2. The number of nitrogens with zero attached hydrogens (tertiary/aromatic N) is 3. The fraction of sp³-hybridized carbons (Fsp3) is 0.550. The van der Waals surface area contributed by atoms with E-state index in [-0.39, 0.29) is 5.91 Å². The van der Waals surface area contributed by atoms with E-state index in [1.165, 1.54) is 0 Å². The molecule has 1 N–H and O–H groups in total.